The topological polar surface area (TPSA) is 107 Å². The zero-order valence-corrected chi connectivity index (χ0v) is 15.3. The van der Waals surface area contributed by atoms with E-state index in [1.54, 1.807) is 18.2 Å². The molecule has 140 valence electrons. The van der Waals surface area contributed by atoms with Crippen LogP contribution in [0.4, 0.5) is 0 Å². The maximum atomic E-state index is 11.7. The monoisotopic (exact) mass is 396 g/mol. The van der Waals surface area contributed by atoms with Crippen molar-refractivity contribution in [2.45, 2.75) is 13.2 Å². The van der Waals surface area contributed by atoms with E-state index in [1.807, 2.05) is 30.3 Å². The number of carboxylic acids is 1. The largest absolute Gasteiger partial charge is 0.475 e. The highest BCUT2D eigenvalue weighted by molar-refractivity contribution is 6.31. The fourth-order valence-corrected chi connectivity index (χ4v) is 3.11. The number of fused-ring (bicyclic) bond motifs is 3. The van der Waals surface area contributed by atoms with E-state index in [0.717, 1.165) is 5.56 Å². The molecular formula is C19H13ClN4O4. The van der Waals surface area contributed by atoms with Crippen LogP contribution >= 0.6 is 11.6 Å². The molecule has 1 aromatic heterocycles. The summed E-state index contributed by atoms with van der Waals surface area (Å²) in [7, 11) is 0. The van der Waals surface area contributed by atoms with Crippen LogP contribution < -0.4 is 0 Å². The molecule has 1 aliphatic rings. The second kappa shape index (κ2) is 6.90. The van der Waals surface area contributed by atoms with Gasteiger partial charge in [0.15, 0.2) is 5.82 Å². The smallest absolute Gasteiger partial charge is 0.375 e. The van der Waals surface area contributed by atoms with Gasteiger partial charge in [-0.3, -0.25) is 4.79 Å². The van der Waals surface area contributed by atoms with Crippen molar-refractivity contribution in [2.24, 2.45) is 4.99 Å². The Balaban J connectivity index is 2.03. The molecule has 28 heavy (non-hydrogen) atoms. The summed E-state index contributed by atoms with van der Waals surface area (Å²) < 4.78 is 6.65. The standard InChI is InChI=1S/C19H13ClN4O4/c1-10(25)28-18-17-22-16(19(26)27)23-24(17)14-8-7-12(20)9-13(14)15(21-18)11-5-3-2-4-6-11/h2-9,18H,1H3,(H,26,27). The van der Waals surface area contributed by atoms with Crippen molar-refractivity contribution in [2.75, 3.05) is 0 Å². The lowest BCUT2D eigenvalue weighted by Crippen LogP contribution is -2.12. The number of esters is 1. The minimum absolute atomic E-state index is 0.0853. The molecule has 1 atom stereocenters. The van der Waals surface area contributed by atoms with Gasteiger partial charge in [-0.15, -0.1) is 5.10 Å². The van der Waals surface area contributed by atoms with Crippen molar-refractivity contribution in [3.8, 4) is 5.69 Å². The van der Waals surface area contributed by atoms with E-state index < -0.39 is 24.0 Å². The van der Waals surface area contributed by atoms with Crippen molar-refractivity contribution < 1.29 is 19.4 Å². The number of aliphatic imine (C=N–C) groups is 1. The maximum Gasteiger partial charge on any atom is 0.375 e. The summed E-state index contributed by atoms with van der Waals surface area (Å²) in [5, 5.41) is 13.8. The molecule has 9 heteroatoms. The Bertz CT molecular complexity index is 1120. The first kappa shape index (κ1) is 17.9. The third-order valence-corrected chi connectivity index (χ3v) is 4.29. The first-order valence-corrected chi connectivity index (χ1v) is 8.63. The van der Waals surface area contributed by atoms with Crippen molar-refractivity contribution in [3.05, 3.63) is 76.3 Å². The van der Waals surface area contributed by atoms with E-state index in [9.17, 15) is 14.7 Å². The molecule has 0 bridgehead atoms. The summed E-state index contributed by atoms with van der Waals surface area (Å²) in [6.45, 7) is 1.24. The maximum absolute atomic E-state index is 11.7. The van der Waals surface area contributed by atoms with Crippen LogP contribution in [0.3, 0.4) is 0 Å². The molecule has 0 saturated carbocycles. The fourth-order valence-electron chi connectivity index (χ4n) is 2.94. The van der Waals surface area contributed by atoms with Gasteiger partial charge >= 0.3 is 11.9 Å². The molecule has 2 heterocycles. The zero-order chi connectivity index (χ0) is 19.8. The van der Waals surface area contributed by atoms with Crippen molar-refractivity contribution in [1.29, 1.82) is 0 Å². The number of hydrogen-bond donors (Lipinski definition) is 1. The summed E-state index contributed by atoms with van der Waals surface area (Å²) in [6, 6.07) is 14.3. The number of rotatable bonds is 3. The molecule has 2 aromatic carbocycles. The lowest BCUT2D eigenvalue weighted by Gasteiger charge is -2.11. The Morgan fingerprint density at radius 1 is 1.18 bits per heavy atom. The van der Waals surface area contributed by atoms with Crippen LogP contribution in [0.2, 0.25) is 5.02 Å². The van der Waals surface area contributed by atoms with Gasteiger partial charge in [-0.25, -0.2) is 14.5 Å². The average molecular weight is 397 g/mol. The number of carbonyl (C=O) groups excluding carboxylic acids is 1. The number of ether oxygens (including phenoxy) is 1. The van der Waals surface area contributed by atoms with E-state index in [0.29, 0.717) is 22.0 Å². The molecule has 3 aromatic rings. The molecule has 0 spiro atoms. The SMILES string of the molecule is CC(=O)OC1N=C(c2ccccc2)c2cc(Cl)ccc2-n2nc(C(=O)O)nc21. The highest BCUT2D eigenvalue weighted by Gasteiger charge is 2.31. The second-order valence-corrected chi connectivity index (χ2v) is 6.41. The van der Waals surface area contributed by atoms with Gasteiger partial charge in [-0.2, -0.15) is 4.98 Å². The van der Waals surface area contributed by atoms with Gasteiger partial charge in [0.25, 0.3) is 12.1 Å². The van der Waals surface area contributed by atoms with E-state index in [-0.39, 0.29) is 5.82 Å². The Kier molecular flexibility index (Phi) is 4.40. The number of halogens is 1. The average Bonchev–Trinajstić information content (AvgIpc) is 3.06. The Morgan fingerprint density at radius 2 is 1.93 bits per heavy atom. The van der Waals surface area contributed by atoms with Gasteiger partial charge in [-0.1, -0.05) is 41.9 Å². The molecule has 1 unspecified atom stereocenters. The lowest BCUT2D eigenvalue weighted by molar-refractivity contribution is -0.146. The van der Waals surface area contributed by atoms with Gasteiger partial charge in [0.2, 0.25) is 0 Å². The van der Waals surface area contributed by atoms with Gasteiger partial charge in [0.05, 0.1) is 11.4 Å². The van der Waals surface area contributed by atoms with Crippen LogP contribution in [0.5, 0.6) is 0 Å². The van der Waals surface area contributed by atoms with Crippen LogP contribution in [0.1, 0.15) is 40.7 Å². The molecule has 0 radical (unpaired) electrons. The number of carboxylic acid groups (broad SMARTS) is 1. The minimum Gasteiger partial charge on any atom is -0.475 e. The van der Waals surface area contributed by atoms with Crippen LogP contribution in [0.15, 0.2) is 53.5 Å². The number of nitrogens with zero attached hydrogens (tertiary/aromatic N) is 4. The predicted molar refractivity (Wildman–Crippen MR) is 99.9 cm³/mol. The predicted octanol–water partition coefficient (Wildman–Crippen LogP) is 3.03. The molecule has 0 aliphatic carbocycles. The fraction of sp³-hybridized carbons (Fsp3) is 0.105. The Hall–Kier alpha value is -3.52. The lowest BCUT2D eigenvalue weighted by atomic mass is 10.0. The molecule has 1 aliphatic heterocycles. The summed E-state index contributed by atoms with van der Waals surface area (Å²) in [5.41, 5.74) is 2.43. The molecule has 0 amide bonds. The molecule has 0 saturated heterocycles. The number of hydrogen-bond acceptors (Lipinski definition) is 6. The first-order chi connectivity index (χ1) is 13.4. The van der Waals surface area contributed by atoms with Gasteiger partial charge in [0.1, 0.15) is 0 Å². The van der Waals surface area contributed by atoms with E-state index >= 15 is 0 Å². The van der Waals surface area contributed by atoms with Crippen LogP contribution in [-0.4, -0.2) is 37.5 Å². The van der Waals surface area contributed by atoms with Crippen LogP contribution in [0.25, 0.3) is 5.69 Å². The molecular weight excluding hydrogens is 384 g/mol. The van der Waals surface area contributed by atoms with E-state index in [2.05, 4.69) is 15.1 Å². The van der Waals surface area contributed by atoms with E-state index in [1.165, 1.54) is 11.6 Å². The van der Waals surface area contributed by atoms with Crippen LogP contribution in [0, 0.1) is 0 Å². The summed E-state index contributed by atoms with van der Waals surface area (Å²) in [4.78, 5) is 31.7. The summed E-state index contributed by atoms with van der Waals surface area (Å²) in [6.07, 6.45) is -1.17. The van der Waals surface area contributed by atoms with Gasteiger partial charge in [-0.05, 0) is 18.2 Å². The Morgan fingerprint density at radius 3 is 2.61 bits per heavy atom. The van der Waals surface area contributed by atoms with E-state index in [4.69, 9.17) is 16.3 Å². The van der Waals surface area contributed by atoms with Gasteiger partial charge < -0.3 is 9.84 Å². The number of benzene rings is 2. The zero-order valence-electron chi connectivity index (χ0n) is 14.5. The molecule has 8 nitrogen and oxygen atoms in total. The second-order valence-electron chi connectivity index (χ2n) is 5.98. The van der Waals surface area contributed by atoms with Crippen molar-refractivity contribution in [3.63, 3.8) is 0 Å². The summed E-state index contributed by atoms with van der Waals surface area (Å²) >= 11 is 6.21. The van der Waals surface area contributed by atoms with Crippen molar-refractivity contribution in [1.82, 2.24) is 14.8 Å². The third-order valence-electron chi connectivity index (χ3n) is 4.06. The Labute approximate surface area is 164 Å². The summed E-state index contributed by atoms with van der Waals surface area (Å²) in [5.74, 6) is -2.23. The number of aromatic nitrogens is 3. The van der Waals surface area contributed by atoms with Crippen molar-refractivity contribution >= 4 is 29.3 Å². The minimum atomic E-state index is -1.30. The highest BCUT2D eigenvalue weighted by Crippen LogP contribution is 2.32. The normalized spacial score (nSPS) is 15.1. The molecule has 4 rings (SSSR count). The molecule has 0 fully saturated rings. The first-order valence-electron chi connectivity index (χ1n) is 8.25. The highest BCUT2D eigenvalue weighted by atomic mass is 35.5. The number of aromatic carboxylic acids is 1. The van der Waals surface area contributed by atoms with Gasteiger partial charge in [0, 0.05) is 23.1 Å². The van der Waals surface area contributed by atoms with Crippen LogP contribution in [-0.2, 0) is 9.53 Å². The quantitative estimate of drug-likeness (QED) is 0.682. The molecule has 1 N–H and O–H groups in total. The third kappa shape index (κ3) is 3.14. The number of carbonyl (C=O) groups is 2.